The van der Waals surface area contributed by atoms with Crippen LogP contribution < -0.4 is 5.32 Å². The zero-order chi connectivity index (χ0) is 13.8. The van der Waals surface area contributed by atoms with E-state index in [0.29, 0.717) is 6.61 Å². The van der Waals surface area contributed by atoms with E-state index < -0.39 is 0 Å². The second-order valence-corrected chi connectivity index (χ2v) is 5.37. The molecule has 0 radical (unpaired) electrons. The zero-order valence-corrected chi connectivity index (χ0v) is 13.0. The molecule has 1 N–H and O–H groups in total. The molecule has 0 amide bonds. The van der Waals surface area contributed by atoms with Gasteiger partial charge in [0.05, 0.1) is 12.6 Å². The predicted molar refractivity (Wildman–Crippen MR) is 80.3 cm³/mol. The van der Waals surface area contributed by atoms with Crippen LogP contribution in [0.5, 0.6) is 0 Å². The van der Waals surface area contributed by atoms with E-state index >= 15 is 0 Å². The van der Waals surface area contributed by atoms with Crippen molar-refractivity contribution in [2.24, 2.45) is 0 Å². The van der Waals surface area contributed by atoms with Crippen molar-refractivity contribution in [1.29, 1.82) is 0 Å². The number of aryl methyl sites for hydroxylation is 1. The van der Waals surface area contributed by atoms with E-state index in [1.807, 2.05) is 37.3 Å². The Morgan fingerprint density at radius 3 is 2.74 bits per heavy atom. The second-order valence-electron chi connectivity index (χ2n) is 4.51. The van der Waals surface area contributed by atoms with Gasteiger partial charge in [-0.05, 0) is 38.1 Å². The fraction of sp³-hybridized carbons (Fsp3) is 0.333. The molecule has 1 aromatic carbocycles. The molecule has 0 aliphatic heterocycles. The summed E-state index contributed by atoms with van der Waals surface area (Å²) in [6.07, 6.45) is 0. The minimum atomic E-state index is 0.110. The smallest absolute Gasteiger partial charge is 0.126 e. The number of hydrogen-bond donors (Lipinski definition) is 1. The van der Waals surface area contributed by atoms with E-state index in [1.54, 1.807) is 7.11 Å². The van der Waals surface area contributed by atoms with Crippen molar-refractivity contribution in [3.63, 3.8) is 0 Å². The van der Waals surface area contributed by atoms with Crippen LogP contribution in [-0.2, 0) is 11.3 Å². The molecule has 1 aromatic heterocycles. The van der Waals surface area contributed by atoms with Crippen LogP contribution in [-0.4, -0.2) is 7.11 Å². The van der Waals surface area contributed by atoms with Gasteiger partial charge in [0.1, 0.15) is 11.5 Å². The number of rotatable bonds is 5. The average Bonchev–Trinajstić information content (AvgIpc) is 2.80. The van der Waals surface area contributed by atoms with Crippen LogP contribution >= 0.6 is 15.9 Å². The van der Waals surface area contributed by atoms with Crippen LogP contribution in [0.25, 0.3) is 0 Å². The van der Waals surface area contributed by atoms with Crippen molar-refractivity contribution >= 4 is 21.6 Å². The van der Waals surface area contributed by atoms with E-state index in [4.69, 9.17) is 9.15 Å². The molecule has 4 heteroatoms. The van der Waals surface area contributed by atoms with Gasteiger partial charge in [0.2, 0.25) is 0 Å². The lowest BCUT2D eigenvalue weighted by Gasteiger charge is -2.17. The molecule has 0 saturated carbocycles. The molecule has 1 heterocycles. The van der Waals surface area contributed by atoms with Gasteiger partial charge in [0.15, 0.2) is 0 Å². The fourth-order valence-corrected chi connectivity index (χ4v) is 2.46. The van der Waals surface area contributed by atoms with Gasteiger partial charge < -0.3 is 14.5 Å². The molecule has 0 spiro atoms. The summed E-state index contributed by atoms with van der Waals surface area (Å²) in [6.45, 7) is 4.59. The van der Waals surface area contributed by atoms with E-state index in [2.05, 4.69) is 28.2 Å². The van der Waals surface area contributed by atoms with Crippen molar-refractivity contribution < 1.29 is 9.15 Å². The largest absolute Gasteiger partial charge is 0.464 e. The Morgan fingerprint density at radius 2 is 2.11 bits per heavy atom. The van der Waals surface area contributed by atoms with Crippen molar-refractivity contribution in [1.82, 2.24) is 0 Å². The van der Waals surface area contributed by atoms with Crippen LogP contribution in [0.15, 0.2) is 39.2 Å². The van der Waals surface area contributed by atoms with E-state index in [1.165, 1.54) is 0 Å². The van der Waals surface area contributed by atoms with E-state index in [-0.39, 0.29) is 6.04 Å². The normalized spacial score (nSPS) is 12.4. The lowest BCUT2D eigenvalue weighted by Crippen LogP contribution is -2.08. The predicted octanol–water partition coefficient (Wildman–Crippen LogP) is 4.67. The SMILES string of the molecule is COCc1c(Br)cccc1NC(C)c1ccc(C)o1. The lowest BCUT2D eigenvalue weighted by molar-refractivity contribution is 0.185. The number of anilines is 1. The summed E-state index contributed by atoms with van der Waals surface area (Å²) in [5, 5.41) is 3.46. The van der Waals surface area contributed by atoms with Crippen LogP contribution in [0.2, 0.25) is 0 Å². The third-order valence-electron chi connectivity index (χ3n) is 2.97. The highest BCUT2D eigenvalue weighted by molar-refractivity contribution is 9.10. The molecule has 19 heavy (non-hydrogen) atoms. The van der Waals surface area contributed by atoms with Crippen LogP contribution in [0.4, 0.5) is 5.69 Å². The van der Waals surface area contributed by atoms with Crippen molar-refractivity contribution in [3.05, 3.63) is 51.9 Å². The van der Waals surface area contributed by atoms with Crippen molar-refractivity contribution in [2.45, 2.75) is 26.5 Å². The molecular weight excluding hydrogens is 306 g/mol. The first kappa shape index (κ1) is 14.2. The lowest BCUT2D eigenvalue weighted by atomic mass is 10.1. The average molecular weight is 324 g/mol. The van der Waals surface area contributed by atoms with Gasteiger partial charge in [-0.2, -0.15) is 0 Å². The number of ether oxygens (including phenoxy) is 1. The van der Waals surface area contributed by atoms with Gasteiger partial charge in [-0.1, -0.05) is 22.0 Å². The maximum Gasteiger partial charge on any atom is 0.126 e. The third kappa shape index (κ3) is 3.39. The van der Waals surface area contributed by atoms with Crippen LogP contribution in [0.1, 0.15) is 30.0 Å². The Hall–Kier alpha value is -1.26. The highest BCUT2D eigenvalue weighted by atomic mass is 79.9. The van der Waals surface area contributed by atoms with Crippen LogP contribution in [0, 0.1) is 6.92 Å². The first-order chi connectivity index (χ1) is 9.11. The summed E-state index contributed by atoms with van der Waals surface area (Å²) in [4.78, 5) is 0. The van der Waals surface area contributed by atoms with Gasteiger partial charge >= 0.3 is 0 Å². The molecule has 1 unspecified atom stereocenters. The highest BCUT2D eigenvalue weighted by Gasteiger charge is 2.13. The summed E-state index contributed by atoms with van der Waals surface area (Å²) in [5.74, 6) is 1.86. The molecule has 2 aromatic rings. The first-order valence-electron chi connectivity index (χ1n) is 6.21. The molecular formula is C15H18BrNO2. The Bertz CT molecular complexity index is 551. The molecule has 0 fully saturated rings. The monoisotopic (exact) mass is 323 g/mol. The number of furan rings is 1. The second kappa shape index (κ2) is 6.26. The van der Waals surface area contributed by atoms with Gasteiger partial charge in [0.25, 0.3) is 0 Å². The Balaban J connectivity index is 2.21. The Kier molecular flexibility index (Phi) is 4.66. The summed E-state index contributed by atoms with van der Waals surface area (Å²) >= 11 is 3.55. The summed E-state index contributed by atoms with van der Waals surface area (Å²) < 4.78 is 11.9. The topological polar surface area (TPSA) is 34.4 Å². The highest BCUT2D eigenvalue weighted by Crippen LogP contribution is 2.29. The van der Waals surface area contributed by atoms with Crippen LogP contribution in [0.3, 0.4) is 0 Å². The molecule has 3 nitrogen and oxygen atoms in total. The number of methoxy groups -OCH3 is 1. The van der Waals surface area contributed by atoms with E-state index in [9.17, 15) is 0 Å². The zero-order valence-electron chi connectivity index (χ0n) is 11.4. The fourth-order valence-electron chi connectivity index (χ4n) is 1.98. The molecule has 0 aliphatic carbocycles. The number of hydrogen-bond acceptors (Lipinski definition) is 3. The van der Waals surface area contributed by atoms with Gasteiger partial charge in [0, 0.05) is 22.8 Å². The van der Waals surface area contributed by atoms with E-state index in [0.717, 1.165) is 27.2 Å². The maximum atomic E-state index is 5.64. The number of halogens is 1. The summed E-state index contributed by atoms with van der Waals surface area (Å²) in [7, 11) is 1.70. The minimum Gasteiger partial charge on any atom is -0.464 e. The van der Waals surface area contributed by atoms with Crippen molar-refractivity contribution in [2.75, 3.05) is 12.4 Å². The molecule has 0 saturated heterocycles. The quantitative estimate of drug-likeness (QED) is 0.868. The minimum absolute atomic E-state index is 0.110. The Labute approximate surface area is 122 Å². The molecule has 0 bridgehead atoms. The summed E-state index contributed by atoms with van der Waals surface area (Å²) in [5.41, 5.74) is 2.16. The summed E-state index contributed by atoms with van der Waals surface area (Å²) in [6, 6.07) is 10.2. The molecule has 2 rings (SSSR count). The van der Waals surface area contributed by atoms with Gasteiger partial charge in [-0.25, -0.2) is 0 Å². The standard InChI is InChI=1S/C15H18BrNO2/c1-10-7-8-15(19-10)11(2)17-14-6-4-5-13(16)12(14)9-18-3/h4-8,11,17H,9H2,1-3H3. The van der Waals surface area contributed by atoms with Crippen molar-refractivity contribution in [3.8, 4) is 0 Å². The third-order valence-corrected chi connectivity index (χ3v) is 3.71. The number of benzene rings is 1. The first-order valence-corrected chi connectivity index (χ1v) is 7.00. The maximum absolute atomic E-state index is 5.64. The Morgan fingerprint density at radius 1 is 1.32 bits per heavy atom. The molecule has 1 atom stereocenters. The number of nitrogens with one attached hydrogen (secondary N) is 1. The molecule has 102 valence electrons. The molecule has 0 aliphatic rings. The van der Waals surface area contributed by atoms with Gasteiger partial charge in [-0.15, -0.1) is 0 Å². The van der Waals surface area contributed by atoms with Gasteiger partial charge in [-0.3, -0.25) is 0 Å².